The lowest BCUT2D eigenvalue weighted by atomic mass is 10.1. The number of piperidine rings is 1. The third-order valence-electron chi connectivity index (χ3n) is 3.20. The molecule has 4 heteroatoms. The first kappa shape index (κ1) is 10.9. The largest absolute Gasteiger partial charge is 0.467 e. The number of nitrogens with zero attached hydrogens (tertiary/aromatic N) is 1. The van der Waals surface area contributed by atoms with Gasteiger partial charge in [0.1, 0.15) is 6.61 Å². The van der Waals surface area contributed by atoms with E-state index in [1.54, 1.807) is 0 Å². The van der Waals surface area contributed by atoms with Crippen LogP contribution < -0.4 is 0 Å². The summed E-state index contributed by atoms with van der Waals surface area (Å²) in [7, 11) is 1.39. The summed E-state index contributed by atoms with van der Waals surface area (Å²) >= 11 is 0. The van der Waals surface area contributed by atoms with Crippen molar-refractivity contribution in [3.05, 3.63) is 0 Å². The molecule has 1 aliphatic heterocycles. The van der Waals surface area contributed by atoms with Crippen LogP contribution >= 0.6 is 0 Å². The molecule has 1 saturated carbocycles. The lowest BCUT2D eigenvalue weighted by Gasteiger charge is -2.31. The van der Waals surface area contributed by atoms with E-state index >= 15 is 0 Å². The highest BCUT2D eigenvalue weighted by Gasteiger charge is 2.32. The van der Waals surface area contributed by atoms with Crippen LogP contribution in [0.5, 0.6) is 0 Å². The van der Waals surface area contributed by atoms with Crippen molar-refractivity contribution in [2.24, 2.45) is 0 Å². The van der Waals surface area contributed by atoms with Crippen molar-refractivity contribution >= 4 is 5.97 Å². The van der Waals surface area contributed by atoms with Crippen LogP contribution in [0, 0.1) is 0 Å². The third kappa shape index (κ3) is 3.18. The summed E-state index contributed by atoms with van der Waals surface area (Å²) in [5, 5.41) is 0. The van der Waals surface area contributed by atoms with Gasteiger partial charge in [-0.05, 0) is 25.7 Å². The molecule has 0 unspecified atom stereocenters. The van der Waals surface area contributed by atoms with E-state index in [1.165, 1.54) is 20.0 Å². The number of carbonyl (C=O) groups is 1. The first-order valence-corrected chi connectivity index (χ1v) is 5.72. The van der Waals surface area contributed by atoms with Gasteiger partial charge in [0.15, 0.2) is 0 Å². The minimum atomic E-state index is -0.278. The highest BCUT2D eigenvalue weighted by molar-refractivity contribution is 5.70. The minimum Gasteiger partial charge on any atom is -0.467 e. The second kappa shape index (κ2) is 4.94. The zero-order valence-electron chi connectivity index (χ0n) is 9.28. The number of likely N-dealkylation sites (tertiary alicyclic amines) is 1. The Morgan fingerprint density at radius 1 is 1.27 bits per heavy atom. The zero-order valence-corrected chi connectivity index (χ0v) is 9.28. The van der Waals surface area contributed by atoms with Gasteiger partial charge in [-0.25, -0.2) is 4.79 Å². The van der Waals surface area contributed by atoms with Crippen molar-refractivity contribution in [2.45, 2.75) is 37.8 Å². The molecule has 0 bridgehead atoms. The minimum absolute atomic E-state index is 0.102. The SMILES string of the molecule is COC(=O)COC1CCN(C2CC2)CC1. The van der Waals surface area contributed by atoms with E-state index in [2.05, 4.69) is 9.64 Å². The number of rotatable bonds is 4. The predicted octanol–water partition coefficient (Wildman–Crippen LogP) is 0.803. The molecule has 1 saturated heterocycles. The summed E-state index contributed by atoms with van der Waals surface area (Å²) in [6.07, 6.45) is 5.08. The van der Waals surface area contributed by atoms with Gasteiger partial charge in [-0.1, -0.05) is 0 Å². The Kier molecular flexibility index (Phi) is 3.59. The Morgan fingerprint density at radius 2 is 1.93 bits per heavy atom. The summed E-state index contributed by atoms with van der Waals surface area (Å²) in [5.41, 5.74) is 0. The fraction of sp³-hybridized carbons (Fsp3) is 0.909. The van der Waals surface area contributed by atoms with Crippen molar-refractivity contribution < 1.29 is 14.3 Å². The van der Waals surface area contributed by atoms with Crippen molar-refractivity contribution in [1.29, 1.82) is 0 Å². The number of hydrogen-bond acceptors (Lipinski definition) is 4. The maximum Gasteiger partial charge on any atom is 0.331 e. The molecule has 1 heterocycles. The van der Waals surface area contributed by atoms with Gasteiger partial charge in [0.05, 0.1) is 13.2 Å². The fourth-order valence-corrected chi connectivity index (χ4v) is 2.09. The standard InChI is InChI=1S/C11H19NO3/c1-14-11(13)8-15-10-4-6-12(7-5-10)9-2-3-9/h9-10H,2-8H2,1H3. The van der Waals surface area contributed by atoms with Crippen molar-refractivity contribution in [2.75, 3.05) is 26.8 Å². The highest BCUT2D eigenvalue weighted by atomic mass is 16.6. The van der Waals surface area contributed by atoms with Gasteiger partial charge in [-0.15, -0.1) is 0 Å². The van der Waals surface area contributed by atoms with Crippen molar-refractivity contribution in [1.82, 2.24) is 4.90 Å². The summed E-state index contributed by atoms with van der Waals surface area (Å²) < 4.78 is 10.0. The first-order chi connectivity index (χ1) is 7.29. The second-order valence-corrected chi connectivity index (χ2v) is 4.35. The molecule has 1 aliphatic carbocycles. The first-order valence-electron chi connectivity index (χ1n) is 5.72. The molecule has 4 nitrogen and oxygen atoms in total. The summed E-state index contributed by atoms with van der Waals surface area (Å²) in [4.78, 5) is 13.4. The lowest BCUT2D eigenvalue weighted by molar-refractivity contribution is -0.149. The molecule has 86 valence electrons. The summed E-state index contributed by atoms with van der Waals surface area (Å²) in [6.45, 7) is 2.34. The smallest absolute Gasteiger partial charge is 0.331 e. The van der Waals surface area contributed by atoms with Gasteiger partial charge >= 0.3 is 5.97 Å². The molecular weight excluding hydrogens is 194 g/mol. The fourth-order valence-electron chi connectivity index (χ4n) is 2.09. The van der Waals surface area contributed by atoms with E-state index in [0.29, 0.717) is 0 Å². The Bertz CT molecular complexity index is 220. The summed E-state index contributed by atoms with van der Waals surface area (Å²) in [5.74, 6) is -0.278. The van der Waals surface area contributed by atoms with E-state index in [0.717, 1.165) is 32.0 Å². The van der Waals surface area contributed by atoms with Crippen LogP contribution in [-0.2, 0) is 14.3 Å². The average molecular weight is 213 g/mol. The Morgan fingerprint density at radius 3 is 2.47 bits per heavy atom. The van der Waals surface area contributed by atoms with Gasteiger partial charge in [0.2, 0.25) is 0 Å². The molecule has 0 aromatic carbocycles. The molecule has 15 heavy (non-hydrogen) atoms. The third-order valence-corrected chi connectivity index (χ3v) is 3.20. The van der Waals surface area contributed by atoms with Crippen molar-refractivity contribution in [3.8, 4) is 0 Å². The number of hydrogen-bond donors (Lipinski definition) is 0. The molecule has 2 rings (SSSR count). The number of methoxy groups -OCH3 is 1. The van der Waals surface area contributed by atoms with Gasteiger partial charge in [-0.2, -0.15) is 0 Å². The number of ether oxygens (including phenoxy) is 2. The molecule has 0 aromatic rings. The molecule has 0 radical (unpaired) electrons. The Hall–Kier alpha value is -0.610. The van der Waals surface area contributed by atoms with Crippen molar-refractivity contribution in [3.63, 3.8) is 0 Å². The van der Waals surface area contributed by atoms with Crippen LogP contribution in [0.4, 0.5) is 0 Å². The van der Waals surface area contributed by atoms with Gasteiger partial charge in [-0.3, -0.25) is 0 Å². The molecular formula is C11H19NO3. The van der Waals surface area contributed by atoms with E-state index in [-0.39, 0.29) is 18.7 Å². The monoisotopic (exact) mass is 213 g/mol. The van der Waals surface area contributed by atoms with Crippen LogP contribution in [0.2, 0.25) is 0 Å². The van der Waals surface area contributed by atoms with Crippen LogP contribution in [0.25, 0.3) is 0 Å². The molecule has 0 aromatic heterocycles. The number of carbonyl (C=O) groups excluding carboxylic acids is 1. The quantitative estimate of drug-likeness (QED) is 0.648. The van der Waals surface area contributed by atoms with Crippen LogP contribution in [0.3, 0.4) is 0 Å². The van der Waals surface area contributed by atoms with E-state index in [4.69, 9.17) is 4.74 Å². The molecule has 0 atom stereocenters. The second-order valence-electron chi connectivity index (χ2n) is 4.35. The molecule has 0 N–H and O–H groups in total. The van der Waals surface area contributed by atoms with E-state index < -0.39 is 0 Å². The van der Waals surface area contributed by atoms with Crippen LogP contribution in [-0.4, -0.2) is 49.8 Å². The van der Waals surface area contributed by atoms with Crippen LogP contribution in [0.1, 0.15) is 25.7 Å². The topological polar surface area (TPSA) is 38.8 Å². The molecule has 0 spiro atoms. The molecule has 2 fully saturated rings. The van der Waals surface area contributed by atoms with Crippen LogP contribution in [0.15, 0.2) is 0 Å². The maximum atomic E-state index is 10.9. The van der Waals surface area contributed by atoms with E-state index in [1.807, 2.05) is 0 Å². The highest BCUT2D eigenvalue weighted by Crippen LogP contribution is 2.29. The molecule has 0 amide bonds. The lowest BCUT2D eigenvalue weighted by Crippen LogP contribution is -2.38. The van der Waals surface area contributed by atoms with Gasteiger partial charge < -0.3 is 14.4 Å². The normalized spacial score (nSPS) is 24.1. The molecule has 2 aliphatic rings. The van der Waals surface area contributed by atoms with Gasteiger partial charge in [0.25, 0.3) is 0 Å². The van der Waals surface area contributed by atoms with Gasteiger partial charge in [0, 0.05) is 19.1 Å². The Labute approximate surface area is 90.5 Å². The predicted molar refractivity (Wildman–Crippen MR) is 55.6 cm³/mol. The average Bonchev–Trinajstić information content (AvgIpc) is 3.10. The zero-order chi connectivity index (χ0) is 10.7. The number of esters is 1. The van der Waals surface area contributed by atoms with E-state index in [9.17, 15) is 4.79 Å². The Balaban J connectivity index is 1.62. The maximum absolute atomic E-state index is 10.9. The summed E-state index contributed by atoms with van der Waals surface area (Å²) in [6, 6.07) is 0.853.